The van der Waals surface area contributed by atoms with Crippen LogP contribution in [0.15, 0.2) is 24.3 Å². The number of carbonyl (C=O) groups is 1. The third kappa shape index (κ3) is 3.49. The van der Waals surface area contributed by atoms with Crippen LogP contribution in [0.4, 0.5) is 0 Å². The largest absolute Gasteiger partial charge is 0.497 e. The molecule has 1 fully saturated rings. The summed E-state index contributed by atoms with van der Waals surface area (Å²) in [5.41, 5.74) is 1.06. The number of nitrogens with one attached hydrogen (secondary N) is 2. The monoisotopic (exact) mass is 278 g/mol. The van der Waals surface area contributed by atoms with E-state index in [4.69, 9.17) is 9.47 Å². The minimum absolute atomic E-state index is 0.0212. The lowest BCUT2D eigenvalue weighted by atomic mass is 10.1. The van der Waals surface area contributed by atoms with Crippen molar-refractivity contribution in [2.45, 2.75) is 31.5 Å². The number of ether oxygens (including phenoxy) is 2. The van der Waals surface area contributed by atoms with Crippen LogP contribution in [0, 0.1) is 0 Å². The van der Waals surface area contributed by atoms with Crippen molar-refractivity contribution in [2.75, 3.05) is 20.8 Å². The molecule has 1 aromatic rings. The Balaban J connectivity index is 1.90. The van der Waals surface area contributed by atoms with Crippen LogP contribution in [0.25, 0.3) is 0 Å². The zero-order valence-corrected chi connectivity index (χ0v) is 12.2. The summed E-state index contributed by atoms with van der Waals surface area (Å²) >= 11 is 0. The maximum Gasteiger partial charge on any atom is 0.237 e. The summed E-state index contributed by atoms with van der Waals surface area (Å²) in [4.78, 5) is 12.2. The highest BCUT2D eigenvalue weighted by molar-refractivity contribution is 5.82. The molecular weight excluding hydrogens is 256 g/mol. The highest BCUT2D eigenvalue weighted by atomic mass is 16.5. The first kappa shape index (κ1) is 14.8. The van der Waals surface area contributed by atoms with Crippen LogP contribution in [0.1, 0.15) is 24.9 Å². The van der Waals surface area contributed by atoms with Crippen LogP contribution >= 0.6 is 0 Å². The fourth-order valence-electron chi connectivity index (χ4n) is 2.37. The molecule has 0 aliphatic carbocycles. The molecule has 1 saturated heterocycles. The summed E-state index contributed by atoms with van der Waals surface area (Å²) in [5, 5.41) is 6.20. The maximum atomic E-state index is 12.2. The van der Waals surface area contributed by atoms with E-state index in [9.17, 15) is 4.79 Å². The number of benzene rings is 1. The van der Waals surface area contributed by atoms with Gasteiger partial charge in [-0.15, -0.1) is 0 Å². The number of hydrogen-bond acceptors (Lipinski definition) is 4. The van der Waals surface area contributed by atoms with Gasteiger partial charge in [0, 0.05) is 13.7 Å². The van der Waals surface area contributed by atoms with E-state index in [2.05, 4.69) is 10.6 Å². The van der Waals surface area contributed by atoms with Gasteiger partial charge < -0.3 is 20.1 Å². The van der Waals surface area contributed by atoms with Crippen LogP contribution in [0.3, 0.4) is 0 Å². The topological polar surface area (TPSA) is 59.6 Å². The highest BCUT2D eigenvalue weighted by Gasteiger charge is 2.29. The van der Waals surface area contributed by atoms with Crippen molar-refractivity contribution in [3.8, 4) is 5.75 Å². The molecule has 5 heteroatoms. The molecular formula is C15H22N2O3. The number of rotatable bonds is 5. The van der Waals surface area contributed by atoms with Crippen molar-refractivity contribution in [2.24, 2.45) is 0 Å². The molecule has 0 bridgehead atoms. The zero-order chi connectivity index (χ0) is 14.5. The molecule has 0 saturated carbocycles. The van der Waals surface area contributed by atoms with Gasteiger partial charge in [-0.3, -0.25) is 4.79 Å². The van der Waals surface area contributed by atoms with Crippen LogP contribution in [0.5, 0.6) is 5.75 Å². The normalized spacial score (nSPS) is 23.4. The quantitative estimate of drug-likeness (QED) is 0.851. The van der Waals surface area contributed by atoms with Crippen molar-refractivity contribution in [3.63, 3.8) is 0 Å². The fraction of sp³-hybridized carbons (Fsp3) is 0.533. The van der Waals surface area contributed by atoms with Gasteiger partial charge in [-0.1, -0.05) is 12.1 Å². The van der Waals surface area contributed by atoms with Gasteiger partial charge in [0.05, 0.1) is 25.3 Å². The van der Waals surface area contributed by atoms with Crippen LogP contribution in [-0.2, 0) is 9.53 Å². The van der Waals surface area contributed by atoms with Gasteiger partial charge in [-0.2, -0.15) is 0 Å². The lowest BCUT2D eigenvalue weighted by molar-refractivity contribution is -0.123. The van der Waals surface area contributed by atoms with E-state index in [0.29, 0.717) is 0 Å². The number of methoxy groups -OCH3 is 2. The molecule has 1 aliphatic rings. The van der Waals surface area contributed by atoms with Gasteiger partial charge in [-0.25, -0.2) is 0 Å². The lowest BCUT2D eigenvalue weighted by Gasteiger charge is -2.18. The highest BCUT2D eigenvalue weighted by Crippen LogP contribution is 2.18. The van der Waals surface area contributed by atoms with E-state index in [1.54, 1.807) is 14.2 Å². The summed E-state index contributed by atoms with van der Waals surface area (Å²) in [7, 11) is 3.31. The van der Waals surface area contributed by atoms with E-state index in [1.807, 2.05) is 31.2 Å². The molecule has 2 N–H and O–H groups in total. The summed E-state index contributed by atoms with van der Waals surface area (Å²) < 4.78 is 10.4. The first-order chi connectivity index (χ1) is 9.63. The van der Waals surface area contributed by atoms with E-state index in [0.717, 1.165) is 24.3 Å². The first-order valence-corrected chi connectivity index (χ1v) is 6.84. The number of amides is 1. The van der Waals surface area contributed by atoms with E-state index in [-0.39, 0.29) is 24.1 Å². The molecule has 110 valence electrons. The molecule has 5 nitrogen and oxygen atoms in total. The molecule has 3 atom stereocenters. The van der Waals surface area contributed by atoms with Crippen molar-refractivity contribution in [3.05, 3.63) is 29.8 Å². The first-order valence-electron chi connectivity index (χ1n) is 6.84. The van der Waals surface area contributed by atoms with Gasteiger partial charge in [0.2, 0.25) is 5.91 Å². The molecule has 1 aromatic carbocycles. The molecule has 20 heavy (non-hydrogen) atoms. The Kier molecular flexibility index (Phi) is 4.98. The van der Waals surface area contributed by atoms with E-state index in [1.165, 1.54) is 0 Å². The summed E-state index contributed by atoms with van der Waals surface area (Å²) in [5.74, 6) is 0.834. The SMILES string of the molecule is COc1ccc([C@@H](C)NC(=O)C2CC(OC)CN2)cc1. The predicted molar refractivity (Wildman–Crippen MR) is 76.8 cm³/mol. The predicted octanol–water partition coefficient (Wildman–Crippen LogP) is 1.25. The van der Waals surface area contributed by atoms with Crippen molar-refractivity contribution in [1.29, 1.82) is 0 Å². The Bertz CT molecular complexity index is 447. The molecule has 1 amide bonds. The van der Waals surface area contributed by atoms with Crippen molar-refractivity contribution < 1.29 is 14.3 Å². The zero-order valence-electron chi connectivity index (χ0n) is 12.2. The second kappa shape index (κ2) is 6.72. The second-order valence-electron chi connectivity index (χ2n) is 5.06. The number of carbonyl (C=O) groups excluding carboxylic acids is 1. The molecule has 0 aromatic heterocycles. The Morgan fingerprint density at radius 3 is 2.60 bits per heavy atom. The summed E-state index contributed by atoms with van der Waals surface area (Å²) in [6.07, 6.45) is 0.847. The third-order valence-corrected chi connectivity index (χ3v) is 3.71. The van der Waals surface area contributed by atoms with Crippen LogP contribution in [-0.4, -0.2) is 38.8 Å². The third-order valence-electron chi connectivity index (χ3n) is 3.71. The number of hydrogen-bond donors (Lipinski definition) is 2. The van der Waals surface area contributed by atoms with Gasteiger partial charge in [0.15, 0.2) is 0 Å². The molecule has 2 rings (SSSR count). The van der Waals surface area contributed by atoms with Gasteiger partial charge in [0.25, 0.3) is 0 Å². The smallest absolute Gasteiger partial charge is 0.237 e. The van der Waals surface area contributed by atoms with E-state index < -0.39 is 0 Å². The summed E-state index contributed by atoms with van der Waals surface area (Å²) in [6, 6.07) is 7.52. The standard InChI is InChI=1S/C15H22N2O3/c1-10(11-4-6-12(19-2)7-5-11)17-15(18)14-8-13(20-3)9-16-14/h4-7,10,13-14,16H,8-9H2,1-3H3,(H,17,18)/t10-,13?,14?/m1/s1. The molecule has 1 aliphatic heterocycles. The van der Waals surface area contributed by atoms with Gasteiger partial charge >= 0.3 is 0 Å². The second-order valence-corrected chi connectivity index (χ2v) is 5.06. The Hall–Kier alpha value is -1.59. The van der Waals surface area contributed by atoms with Crippen LogP contribution in [0.2, 0.25) is 0 Å². The van der Waals surface area contributed by atoms with Crippen molar-refractivity contribution in [1.82, 2.24) is 10.6 Å². The minimum atomic E-state index is -0.166. The fourth-order valence-corrected chi connectivity index (χ4v) is 2.37. The Labute approximate surface area is 119 Å². The Morgan fingerprint density at radius 1 is 1.35 bits per heavy atom. The Morgan fingerprint density at radius 2 is 2.05 bits per heavy atom. The van der Waals surface area contributed by atoms with E-state index >= 15 is 0 Å². The average Bonchev–Trinajstić information content (AvgIpc) is 2.96. The maximum absolute atomic E-state index is 12.2. The molecule has 2 unspecified atom stereocenters. The van der Waals surface area contributed by atoms with Gasteiger partial charge in [-0.05, 0) is 31.0 Å². The lowest BCUT2D eigenvalue weighted by Crippen LogP contribution is -2.41. The van der Waals surface area contributed by atoms with Crippen molar-refractivity contribution >= 4 is 5.91 Å². The average molecular weight is 278 g/mol. The minimum Gasteiger partial charge on any atom is -0.497 e. The molecule has 0 spiro atoms. The molecule has 0 radical (unpaired) electrons. The van der Waals surface area contributed by atoms with Gasteiger partial charge in [0.1, 0.15) is 5.75 Å². The summed E-state index contributed by atoms with van der Waals surface area (Å²) in [6.45, 7) is 2.70. The molecule has 1 heterocycles. The van der Waals surface area contributed by atoms with Crippen LogP contribution < -0.4 is 15.4 Å².